The van der Waals surface area contributed by atoms with E-state index in [1.54, 1.807) is 12.1 Å². The Labute approximate surface area is 102 Å². The van der Waals surface area contributed by atoms with Crippen molar-refractivity contribution in [2.24, 2.45) is 0 Å². The number of nitrogens with zero attached hydrogens (tertiary/aromatic N) is 1. The van der Waals surface area contributed by atoms with Crippen LogP contribution < -0.4 is 0 Å². The summed E-state index contributed by atoms with van der Waals surface area (Å²) in [6, 6.07) is 4.83. The molecule has 1 aromatic rings. The van der Waals surface area contributed by atoms with Gasteiger partial charge in [-0.2, -0.15) is 0 Å². The van der Waals surface area contributed by atoms with Gasteiger partial charge in [0, 0.05) is 17.1 Å². The van der Waals surface area contributed by atoms with Crippen molar-refractivity contribution < 1.29 is 4.39 Å². The van der Waals surface area contributed by atoms with Crippen molar-refractivity contribution in [2.75, 3.05) is 13.6 Å². The minimum Gasteiger partial charge on any atom is -0.302 e. The lowest BCUT2D eigenvalue weighted by Crippen LogP contribution is -2.20. The maximum Gasteiger partial charge on any atom is 0.129 e. The molecular weight excluding hydrogens is 225 g/mol. The van der Waals surface area contributed by atoms with Crippen LogP contribution in [0.1, 0.15) is 31.7 Å². The second-order valence-corrected chi connectivity index (χ2v) is 4.55. The minimum absolute atomic E-state index is 0.213. The Hall–Kier alpha value is -0.600. The highest BCUT2D eigenvalue weighted by Crippen LogP contribution is 2.20. The molecule has 0 aliphatic carbocycles. The summed E-state index contributed by atoms with van der Waals surface area (Å²) in [7, 11) is 2.00. The second kappa shape index (κ2) is 6.87. The molecule has 0 unspecified atom stereocenters. The van der Waals surface area contributed by atoms with Gasteiger partial charge in [-0.25, -0.2) is 4.39 Å². The molecular formula is C13H19ClFN. The van der Waals surface area contributed by atoms with Crippen LogP contribution in [0.5, 0.6) is 0 Å². The Kier molecular flexibility index (Phi) is 5.78. The topological polar surface area (TPSA) is 3.24 Å². The van der Waals surface area contributed by atoms with Crippen molar-refractivity contribution in [1.29, 1.82) is 0 Å². The predicted octanol–water partition coefficient (Wildman–Crippen LogP) is 4.10. The van der Waals surface area contributed by atoms with Gasteiger partial charge in [0.25, 0.3) is 0 Å². The molecule has 0 radical (unpaired) electrons. The first-order valence-corrected chi connectivity index (χ1v) is 6.14. The van der Waals surface area contributed by atoms with E-state index in [-0.39, 0.29) is 5.82 Å². The third-order valence-corrected chi connectivity index (χ3v) is 2.99. The van der Waals surface area contributed by atoms with Gasteiger partial charge in [-0.05, 0) is 32.1 Å². The third-order valence-electron chi connectivity index (χ3n) is 2.63. The molecule has 1 nitrogen and oxygen atoms in total. The summed E-state index contributed by atoms with van der Waals surface area (Å²) in [5.74, 6) is -0.213. The summed E-state index contributed by atoms with van der Waals surface area (Å²) in [6.07, 6.45) is 3.57. The monoisotopic (exact) mass is 243 g/mol. The molecule has 90 valence electrons. The van der Waals surface area contributed by atoms with Gasteiger partial charge in [0.15, 0.2) is 0 Å². The van der Waals surface area contributed by atoms with E-state index in [0.29, 0.717) is 17.1 Å². The Balaban J connectivity index is 2.52. The van der Waals surface area contributed by atoms with Gasteiger partial charge in [-0.15, -0.1) is 0 Å². The first-order chi connectivity index (χ1) is 7.65. The molecule has 0 N–H and O–H groups in total. The van der Waals surface area contributed by atoms with E-state index in [0.717, 1.165) is 13.0 Å². The average molecular weight is 244 g/mol. The molecule has 0 atom stereocenters. The fourth-order valence-corrected chi connectivity index (χ4v) is 1.89. The Morgan fingerprint density at radius 3 is 2.69 bits per heavy atom. The molecule has 16 heavy (non-hydrogen) atoms. The molecule has 0 saturated carbocycles. The summed E-state index contributed by atoms with van der Waals surface area (Å²) >= 11 is 5.97. The molecule has 0 saturated heterocycles. The molecule has 1 rings (SSSR count). The lowest BCUT2D eigenvalue weighted by atomic mass is 10.2. The van der Waals surface area contributed by atoms with E-state index >= 15 is 0 Å². The van der Waals surface area contributed by atoms with Crippen molar-refractivity contribution in [1.82, 2.24) is 4.90 Å². The predicted molar refractivity (Wildman–Crippen MR) is 67.3 cm³/mol. The molecule has 0 heterocycles. The number of halogens is 2. The highest BCUT2D eigenvalue weighted by molar-refractivity contribution is 6.31. The lowest BCUT2D eigenvalue weighted by Gasteiger charge is -2.17. The molecule has 0 amide bonds. The van der Waals surface area contributed by atoms with E-state index < -0.39 is 0 Å². The number of rotatable bonds is 6. The Bertz CT molecular complexity index is 307. The second-order valence-electron chi connectivity index (χ2n) is 4.15. The van der Waals surface area contributed by atoms with Crippen LogP contribution in [0.25, 0.3) is 0 Å². The minimum atomic E-state index is -0.213. The van der Waals surface area contributed by atoms with E-state index in [1.807, 2.05) is 7.05 Å². The number of hydrogen-bond acceptors (Lipinski definition) is 1. The van der Waals surface area contributed by atoms with E-state index in [9.17, 15) is 4.39 Å². The summed E-state index contributed by atoms with van der Waals surface area (Å²) in [5.41, 5.74) is 0.600. The van der Waals surface area contributed by atoms with Crippen LogP contribution in [0.15, 0.2) is 18.2 Å². The quantitative estimate of drug-likeness (QED) is 0.680. The summed E-state index contributed by atoms with van der Waals surface area (Å²) in [5, 5.41) is 0.516. The summed E-state index contributed by atoms with van der Waals surface area (Å²) in [6.45, 7) is 3.74. The van der Waals surface area contributed by atoms with E-state index in [2.05, 4.69) is 11.8 Å². The van der Waals surface area contributed by atoms with Crippen molar-refractivity contribution in [3.8, 4) is 0 Å². The third kappa shape index (κ3) is 4.11. The maximum atomic E-state index is 13.5. The van der Waals surface area contributed by atoms with Crippen LogP contribution in [0.4, 0.5) is 4.39 Å². The standard InChI is InChI=1S/C13H19ClFN/c1-3-4-5-9-16(2)10-11-12(14)7-6-8-13(11)15/h6-8H,3-5,9-10H2,1-2H3. The van der Waals surface area contributed by atoms with Gasteiger partial charge in [-0.3, -0.25) is 0 Å². The van der Waals surface area contributed by atoms with Crippen LogP contribution in [0.3, 0.4) is 0 Å². The first kappa shape index (κ1) is 13.5. The summed E-state index contributed by atoms with van der Waals surface area (Å²) in [4.78, 5) is 2.11. The smallest absolute Gasteiger partial charge is 0.129 e. The van der Waals surface area contributed by atoms with Gasteiger partial charge < -0.3 is 4.90 Å². The molecule has 0 spiro atoms. The molecule has 0 aliphatic rings. The van der Waals surface area contributed by atoms with E-state index in [4.69, 9.17) is 11.6 Å². The fraction of sp³-hybridized carbons (Fsp3) is 0.538. The van der Waals surface area contributed by atoms with Crippen molar-refractivity contribution in [3.05, 3.63) is 34.6 Å². The SMILES string of the molecule is CCCCCN(C)Cc1c(F)cccc1Cl. The van der Waals surface area contributed by atoms with Crippen LogP contribution in [-0.2, 0) is 6.54 Å². The molecule has 0 aromatic heterocycles. The van der Waals surface area contributed by atoms with Crippen molar-refractivity contribution in [3.63, 3.8) is 0 Å². The molecule has 1 aromatic carbocycles. The van der Waals surface area contributed by atoms with E-state index in [1.165, 1.54) is 18.9 Å². The molecule has 0 bridgehead atoms. The number of unbranched alkanes of at least 4 members (excludes halogenated alkanes) is 2. The molecule has 3 heteroatoms. The van der Waals surface area contributed by atoms with Gasteiger partial charge in [0.05, 0.1) is 0 Å². The van der Waals surface area contributed by atoms with Gasteiger partial charge >= 0.3 is 0 Å². The Morgan fingerprint density at radius 2 is 2.06 bits per heavy atom. The van der Waals surface area contributed by atoms with Gasteiger partial charge in [0.2, 0.25) is 0 Å². The zero-order valence-corrected chi connectivity index (χ0v) is 10.7. The zero-order chi connectivity index (χ0) is 12.0. The highest BCUT2D eigenvalue weighted by Gasteiger charge is 2.09. The van der Waals surface area contributed by atoms with Crippen LogP contribution in [0, 0.1) is 5.82 Å². The van der Waals surface area contributed by atoms with Gasteiger partial charge in [-0.1, -0.05) is 37.4 Å². The lowest BCUT2D eigenvalue weighted by molar-refractivity contribution is 0.313. The average Bonchev–Trinajstić information content (AvgIpc) is 2.24. The highest BCUT2D eigenvalue weighted by atomic mass is 35.5. The summed E-state index contributed by atoms with van der Waals surface area (Å²) < 4.78 is 13.5. The number of benzene rings is 1. The van der Waals surface area contributed by atoms with Gasteiger partial charge in [0.1, 0.15) is 5.82 Å². The fourth-order valence-electron chi connectivity index (χ4n) is 1.66. The molecule has 0 aliphatic heterocycles. The van der Waals surface area contributed by atoms with Crippen molar-refractivity contribution in [2.45, 2.75) is 32.7 Å². The Morgan fingerprint density at radius 1 is 1.31 bits per heavy atom. The van der Waals surface area contributed by atoms with Crippen LogP contribution in [0.2, 0.25) is 5.02 Å². The normalized spacial score (nSPS) is 11.1. The van der Waals surface area contributed by atoms with Crippen LogP contribution >= 0.6 is 11.6 Å². The molecule has 0 fully saturated rings. The van der Waals surface area contributed by atoms with Crippen molar-refractivity contribution >= 4 is 11.6 Å². The number of hydrogen-bond donors (Lipinski definition) is 0. The largest absolute Gasteiger partial charge is 0.302 e. The van der Waals surface area contributed by atoms with Crippen LogP contribution in [-0.4, -0.2) is 18.5 Å². The maximum absolute atomic E-state index is 13.5. The zero-order valence-electron chi connectivity index (χ0n) is 9.97. The first-order valence-electron chi connectivity index (χ1n) is 5.76.